The first-order chi connectivity index (χ1) is 11.9. The van der Waals surface area contributed by atoms with Gasteiger partial charge in [0, 0.05) is 10.3 Å². The van der Waals surface area contributed by atoms with E-state index in [1.165, 1.54) is 27.9 Å². The van der Waals surface area contributed by atoms with Gasteiger partial charge in [-0.15, -0.1) is 16.2 Å². The van der Waals surface area contributed by atoms with Crippen LogP contribution in [0, 0.1) is 5.92 Å². The van der Waals surface area contributed by atoms with Crippen LogP contribution in [0.25, 0.3) is 6.08 Å². The lowest BCUT2D eigenvalue weighted by atomic mass is 9.90. The first kappa shape index (κ1) is 17.8. The molecule has 1 atom stereocenters. The smallest absolute Gasteiger partial charge is 0.273 e. The fourth-order valence-corrected chi connectivity index (χ4v) is 4.51. The molecule has 1 aromatic heterocycles. The van der Waals surface area contributed by atoms with Crippen molar-refractivity contribution in [3.05, 3.63) is 62.7 Å². The maximum absolute atomic E-state index is 12.2. The van der Waals surface area contributed by atoms with E-state index >= 15 is 0 Å². The molecule has 1 heterocycles. The number of fused-ring (bicyclic) bond motifs is 1. The molecule has 1 aliphatic carbocycles. The topological polar surface area (TPSA) is 75.3 Å². The van der Waals surface area contributed by atoms with Crippen molar-refractivity contribution in [2.24, 2.45) is 5.92 Å². The highest BCUT2D eigenvalue weighted by Gasteiger charge is 2.21. The molecule has 0 saturated carbocycles. The monoisotopic (exact) mass is 376 g/mol. The van der Waals surface area contributed by atoms with Gasteiger partial charge in [0.2, 0.25) is 0 Å². The van der Waals surface area contributed by atoms with Crippen molar-refractivity contribution in [3.8, 4) is 0 Å². The number of carbonyl (C=O) groups is 1. The van der Waals surface area contributed by atoms with E-state index in [2.05, 4.69) is 17.2 Å². The third-order valence-electron chi connectivity index (χ3n) is 4.10. The lowest BCUT2D eigenvalue weighted by molar-refractivity contribution is 0.0949. The molecule has 2 N–H and O–H groups in total. The van der Waals surface area contributed by atoms with Gasteiger partial charge in [-0.3, -0.25) is 10.2 Å². The van der Waals surface area contributed by atoms with E-state index in [0.717, 1.165) is 30.2 Å². The Bertz CT molecular complexity index is 886. The number of nitrogens with one attached hydrogen (secondary N) is 2. The third-order valence-corrected chi connectivity index (χ3v) is 6.22. The average molecular weight is 377 g/mol. The molecule has 2 aromatic rings. The summed E-state index contributed by atoms with van der Waals surface area (Å²) < 4.78 is 23.9. The normalized spacial score (nSPS) is 17.4. The first-order valence-electron chi connectivity index (χ1n) is 8.10. The van der Waals surface area contributed by atoms with Crippen LogP contribution in [-0.4, -0.2) is 14.3 Å². The van der Waals surface area contributed by atoms with E-state index in [1.807, 2.05) is 24.3 Å². The molecule has 7 heteroatoms. The van der Waals surface area contributed by atoms with E-state index in [-0.39, 0.29) is 0 Å². The zero-order valence-corrected chi connectivity index (χ0v) is 15.5. The van der Waals surface area contributed by atoms with Crippen molar-refractivity contribution in [3.63, 3.8) is 0 Å². The Kier molecular flexibility index (Phi) is 5.36. The SMILES string of the molecule is C[C@@H]1CCc2sc(C(=O)NNS(=O)(=O)/C=C/c3ccccc3)cc2C1. The number of hydrogen-bond donors (Lipinski definition) is 2. The molecule has 0 unspecified atom stereocenters. The molecule has 3 rings (SSSR count). The summed E-state index contributed by atoms with van der Waals surface area (Å²) >= 11 is 1.44. The van der Waals surface area contributed by atoms with Crippen molar-refractivity contribution >= 4 is 33.3 Å². The number of carbonyl (C=O) groups excluding carboxylic acids is 1. The summed E-state index contributed by atoms with van der Waals surface area (Å²) in [6.07, 6.45) is 4.57. The molecule has 5 nitrogen and oxygen atoms in total. The minimum Gasteiger partial charge on any atom is -0.273 e. The second-order valence-electron chi connectivity index (χ2n) is 6.22. The van der Waals surface area contributed by atoms with Gasteiger partial charge < -0.3 is 0 Å². The molecule has 0 aliphatic heterocycles. The zero-order chi connectivity index (χ0) is 17.9. The molecule has 1 aliphatic rings. The lowest BCUT2D eigenvalue weighted by Gasteiger charge is -2.16. The summed E-state index contributed by atoms with van der Waals surface area (Å²) in [5.41, 5.74) is 4.25. The quantitative estimate of drug-likeness (QED) is 0.788. The molecule has 25 heavy (non-hydrogen) atoms. The van der Waals surface area contributed by atoms with E-state index < -0.39 is 15.9 Å². The van der Waals surface area contributed by atoms with Crippen LogP contribution in [0.5, 0.6) is 0 Å². The summed E-state index contributed by atoms with van der Waals surface area (Å²) in [5.74, 6) is 0.198. The van der Waals surface area contributed by atoms with Crippen molar-refractivity contribution in [1.82, 2.24) is 10.3 Å². The van der Waals surface area contributed by atoms with Crippen LogP contribution in [0.3, 0.4) is 0 Å². The standard InChI is InChI=1S/C18H20N2O3S2/c1-13-7-8-16-15(11-13)12-17(24-16)18(21)19-20-25(22,23)10-9-14-5-3-2-4-6-14/h2-6,9-10,12-13,20H,7-8,11H2,1H3,(H,19,21)/b10-9+/t13-/m1/s1. The van der Waals surface area contributed by atoms with E-state index in [1.54, 1.807) is 12.1 Å². The van der Waals surface area contributed by atoms with Gasteiger partial charge in [0.05, 0.1) is 4.88 Å². The predicted molar refractivity (Wildman–Crippen MR) is 101 cm³/mol. The Balaban J connectivity index is 1.61. The summed E-state index contributed by atoms with van der Waals surface area (Å²) in [4.78, 5) is 16.1. The zero-order valence-electron chi connectivity index (χ0n) is 13.9. The minimum atomic E-state index is -3.75. The number of amides is 1. The van der Waals surface area contributed by atoms with Crippen LogP contribution in [0.4, 0.5) is 0 Å². The predicted octanol–water partition coefficient (Wildman–Crippen LogP) is 3.11. The first-order valence-corrected chi connectivity index (χ1v) is 10.5. The summed E-state index contributed by atoms with van der Waals surface area (Å²) in [7, 11) is -3.75. The fraction of sp³-hybridized carbons (Fsp3) is 0.278. The molecule has 0 radical (unpaired) electrons. The highest BCUT2D eigenvalue weighted by molar-refractivity contribution is 7.92. The molecule has 1 amide bonds. The summed E-state index contributed by atoms with van der Waals surface area (Å²) in [6.45, 7) is 2.20. The Morgan fingerprint density at radius 1 is 1.28 bits per heavy atom. The molecule has 0 bridgehead atoms. The van der Waals surface area contributed by atoms with Gasteiger partial charge >= 0.3 is 0 Å². The van der Waals surface area contributed by atoms with Gasteiger partial charge in [-0.2, -0.15) is 0 Å². The number of thiophene rings is 1. The number of hydrazine groups is 1. The van der Waals surface area contributed by atoms with Gasteiger partial charge in [0.1, 0.15) is 0 Å². The third kappa shape index (κ3) is 4.78. The Morgan fingerprint density at radius 2 is 2.04 bits per heavy atom. The largest absolute Gasteiger partial charge is 0.276 e. The Hall–Kier alpha value is -1.96. The minimum absolute atomic E-state index is 0.427. The van der Waals surface area contributed by atoms with Gasteiger partial charge in [-0.1, -0.05) is 37.3 Å². The van der Waals surface area contributed by atoms with Crippen molar-refractivity contribution in [1.29, 1.82) is 0 Å². The molecule has 0 fully saturated rings. The fourth-order valence-electron chi connectivity index (χ4n) is 2.76. The van der Waals surface area contributed by atoms with Crippen LogP contribution in [0.1, 0.15) is 39.0 Å². The maximum atomic E-state index is 12.2. The number of sulfonamides is 1. The van der Waals surface area contributed by atoms with Gasteiger partial charge in [0.25, 0.3) is 15.9 Å². The molecular weight excluding hydrogens is 356 g/mol. The Morgan fingerprint density at radius 3 is 2.80 bits per heavy atom. The van der Waals surface area contributed by atoms with Crippen LogP contribution in [-0.2, 0) is 22.9 Å². The molecule has 0 spiro atoms. The van der Waals surface area contributed by atoms with Crippen LogP contribution in [0.2, 0.25) is 0 Å². The van der Waals surface area contributed by atoms with E-state index in [9.17, 15) is 13.2 Å². The van der Waals surface area contributed by atoms with Crippen molar-refractivity contribution in [2.75, 3.05) is 0 Å². The highest BCUT2D eigenvalue weighted by atomic mass is 32.2. The number of rotatable bonds is 5. The highest BCUT2D eigenvalue weighted by Crippen LogP contribution is 2.32. The summed E-state index contributed by atoms with van der Waals surface area (Å²) in [5, 5.41) is 1.03. The molecule has 1 aromatic carbocycles. The molecule has 0 saturated heterocycles. The van der Waals surface area contributed by atoms with E-state index in [0.29, 0.717) is 10.8 Å². The Labute approximate surface area is 151 Å². The van der Waals surface area contributed by atoms with Gasteiger partial charge in [-0.25, -0.2) is 8.42 Å². The second-order valence-corrected chi connectivity index (χ2v) is 8.92. The number of aryl methyl sites for hydroxylation is 1. The van der Waals surface area contributed by atoms with Crippen molar-refractivity contribution in [2.45, 2.75) is 26.2 Å². The second kappa shape index (κ2) is 7.51. The maximum Gasteiger partial charge on any atom is 0.276 e. The number of benzene rings is 1. The van der Waals surface area contributed by atoms with Crippen LogP contribution in [0.15, 0.2) is 41.8 Å². The molecular formula is C18H20N2O3S2. The lowest BCUT2D eigenvalue weighted by Crippen LogP contribution is -2.40. The number of hydrogen-bond acceptors (Lipinski definition) is 4. The summed E-state index contributed by atoms with van der Waals surface area (Å²) in [6, 6.07) is 11.0. The van der Waals surface area contributed by atoms with Crippen LogP contribution >= 0.6 is 11.3 Å². The van der Waals surface area contributed by atoms with E-state index in [4.69, 9.17) is 0 Å². The average Bonchev–Trinajstić information content (AvgIpc) is 3.02. The van der Waals surface area contributed by atoms with Crippen LogP contribution < -0.4 is 10.3 Å². The van der Waals surface area contributed by atoms with Gasteiger partial charge in [0.15, 0.2) is 0 Å². The van der Waals surface area contributed by atoms with Crippen molar-refractivity contribution < 1.29 is 13.2 Å². The molecule has 132 valence electrons. The van der Waals surface area contributed by atoms with Gasteiger partial charge in [-0.05, 0) is 48.4 Å².